The third kappa shape index (κ3) is 2.00. The third-order valence-corrected chi connectivity index (χ3v) is 5.51. The van der Waals surface area contributed by atoms with Crippen LogP contribution in [0, 0.1) is 0 Å². The Morgan fingerprint density at radius 2 is 2.09 bits per heavy atom. The van der Waals surface area contributed by atoms with Gasteiger partial charge in [-0.1, -0.05) is 0 Å². The van der Waals surface area contributed by atoms with E-state index in [1.54, 1.807) is 18.1 Å². The van der Waals surface area contributed by atoms with E-state index in [4.69, 9.17) is 15.2 Å². The van der Waals surface area contributed by atoms with Crippen molar-refractivity contribution in [2.24, 2.45) is 0 Å². The summed E-state index contributed by atoms with van der Waals surface area (Å²) >= 11 is 1.60. The van der Waals surface area contributed by atoms with E-state index in [1.807, 2.05) is 18.4 Å². The van der Waals surface area contributed by atoms with Crippen LogP contribution in [0.1, 0.15) is 19.2 Å². The van der Waals surface area contributed by atoms with Gasteiger partial charge in [0.1, 0.15) is 29.4 Å². The number of hydrogen-bond acceptors (Lipinski definition) is 8. The molecule has 2 saturated heterocycles. The Hall–Kier alpha value is -1.42. The van der Waals surface area contributed by atoms with Crippen molar-refractivity contribution < 1.29 is 14.6 Å². The second kappa shape index (κ2) is 4.79. The lowest BCUT2D eigenvalue weighted by Gasteiger charge is -2.23. The monoisotopic (exact) mass is 323 g/mol. The lowest BCUT2D eigenvalue weighted by Crippen LogP contribution is -2.30. The average molecular weight is 323 g/mol. The number of aromatic nitrogens is 4. The summed E-state index contributed by atoms with van der Waals surface area (Å²) in [6, 6.07) is 0. The number of aliphatic hydroxyl groups is 1. The van der Waals surface area contributed by atoms with Crippen LogP contribution in [0.5, 0.6) is 0 Å². The van der Waals surface area contributed by atoms with E-state index < -0.39 is 5.79 Å². The molecular weight excluding hydrogens is 306 g/mol. The molecule has 2 aromatic heterocycles. The van der Waals surface area contributed by atoms with E-state index in [9.17, 15) is 5.11 Å². The second-order valence-corrected chi connectivity index (χ2v) is 7.26. The van der Waals surface area contributed by atoms with E-state index in [0.29, 0.717) is 17.0 Å². The summed E-state index contributed by atoms with van der Waals surface area (Å²) in [5.74, 6) is -0.308. The summed E-state index contributed by atoms with van der Waals surface area (Å²) in [7, 11) is 0. The molecule has 0 saturated carbocycles. The Balaban J connectivity index is 1.77. The van der Waals surface area contributed by atoms with Crippen LogP contribution >= 0.6 is 11.8 Å². The standard InChI is InChI=1S/C13H17N5O3S/c1-13(2)20-8-6(3-19)22-12(9(8)21-13)18-5-17-7-10(14)15-4-16-11(7)18/h4-6,8-9,12,19H,3H2,1-2H3,(H2,14,15,16)/t6-,8-,9-,12-/m1/s1. The van der Waals surface area contributed by atoms with Crippen molar-refractivity contribution in [2.75, 3.05) is 12.3 Å². The minimum absolute atomic E-state index is 0.0333. The Labute approximate surface area is 131 Å². The van der Waals surface area contributed by atoms with Crippen molar-refractivity contribution in [1.29, 1.82) is 0 Å². The van der Waals surface area contributed by atoms with E-state index in [1.165, 1.54) is 6.33 Å². The fourth-order valence-electron chi connectivity index (χ4n) is 3.09. The zero-order valence-corrected chi connectivity index (χ0v) is 13.0. The van der Waals surface area contributed by atoms with Gasteiger partial charge in [-0.25, -0.2) is 15.0 Å². The molecule has 0 amide bonds. The maximum absolute atomic E-state index is 9.63. The predicted molar refractivity (Wildman–Crippen MR) is 81.1 cm³/mol. The number of fused-ring (bicyclic) bond motifs is 2. The molecule has 0 aliphatic carbocycles. The molecule has 2 aliphatic rings. The largest absolute Gasteiger partial charge is 0.395 e. The van der Waals surface area contributed by atoms with Gasteiger partial charge in [0.2, 0.25) is 0 Å². The first-order chi connectivity index (χ1) is 10.5. The fraction of sp³-hybridized carbons (Fsp3) is 0.615. The van der Waals surface area contributed by atoms with Crippen LogP contribution in [0.3, 0.4) is 0 Å². The number of thioether (sulfide) groups is 1. The SMILES string of the molecule is CC1(C)O[C@@H]2[C@H](O1)[C@@H](CO)S[C@H]2n1cnc2c(N)ncnc21. The third-order valence-electron chi connectivity index (χ3n) is 3.97. The van der Waals surface area contributed by atoms with Crippen LogP contribution in [-0.4, -0.2) is 54.5 Å². The first kappa shape index (κ1) is 14.2. The molecular formula is C13H17N5O3S. The molecule has 4 atom stereocenters. The highest BCUT2D eigenvalue weighted by atomic mass is 32.2. The maximum Gasteiger partial charge on any atom is 0.166 e. The van der Waals surface area contributed by atoms with Crippen molar-refractivity contribution in [3.05, 3.63) is 12.7 Å². The van der Waals surface area contributed by atoms with Gasteiger partial charge in [-0.3, -0.25) is 4.57 Å². The minimum Gasteiger partial charge on any atom is -0.395 e. The van der Waals surface area contributed by atoms with Gasteiger partial charge < -0.3 is 20.3 Å². The summed E-state index contributed by atoms with van der Waals surface area (Å²) < 4.78 is 13.9. The molecule has 4 rings (SSSR count). The predicted octanol–water partition coefficient (Wildman–Crippen LogP) is 0.535. The fourth-order valence-corrected chi connectivity index (χ4v) is 4.55. The van der Waals surface area contributed by atoms with Gasteiger partial charge in [0.25, 0.3) is 0 Å². The first-order valence-corrected chi connectivity index (χ1v) is 7.99. The van der Waals surface area contributed by atoms with Crippen LogP contribution < -0.4 is 5.73 Å². The van der Waals surface area contributed by atoms with Gasteiger partial charge in [0.05, 0.1) is 18.2 Å². The molecule has 3 N–H and O–H groups in total. The van der Waals surface area contributed by atoms with E-state index in [0.717, 1.165) is 0 Å². The Bertz CT molecular complexity index is 721. The van der Waals surface area contributed by atoms with Crippen LogP contribution in [0.2, 0.25) is 0 Å². The molecule has 0 bridgehead atoms. The summed E-state index contributed by atoms with van der Waals surface area (Å²) in [6.07, 6.45) is 2.78. The van der Waals surface area contributed by atoms with E-state index in [2.05, 4.69) is 15.0 Å². The molecule has 8 nitrogen and oxygen atoms in total. The lowest BCUT2D eigenvalue weighted by atomic mass is 10.1. The zero-order valence-electron chi connectivity index (χ0n) is 12.2. The van der Waals surface area contributed by atoms with Crippen molar-refractivity contribution in [1.82, 2.24) is 19.5 Å². The number of aliphatic hydroxyl groups excluding tert-OH is 1. The molecule has 22 heavy (non-hydrogen) atoms. The summed E-state index contributed by atoms with van der Waals surface area (Å²) in [4.78, 5) is 12.5. The Kier molecular flexibility index (Phi) is 3.09. The molecule has 2 aromatic rings. The molecule has 0 aromatic carbocycles. The summed E-state index contributed by atoms with van der Waals surface area (Å²) in [6.45, 7) is 3.80. The molecule has 9 heteroatoms. The molecule has 0 spiro atoms. The highest BCUT2D eigenvalue weighted by molar-refractivity contribution is 8.00. The lowest BCUT2D eigenvalue weighted by molar-refractivity contribution is -0.149. The van der Waals surface area contributed by atoms with Gasteiger partial charge in [-0.2, -0.15) is 0 Å². The number of hydrogen-bond donors (Lipinski definition) is 2. The maximum atomic E-state index is 9.63. The number of nitrogens with zero attached hydrogens (tertiary/aromatic N) is 4. The molecule has 0 unspecified atom stereocenters. The van der Waals surface area contributed by atoms with Gasteiger partial charge in [0.15, 0.2) is 17.3 Å². The van der Waals surface area contributed by atoms with Crippen LogP contribution in [0.15, 0.2) is 12.7 Å². The first-order valence-electron chi connectivity index (χ1n) is 7.05. The smallest absolute Gasteiger partial charge is 0.166 e. The zero-order chi connectivity index (χ0) is 15.5. The molecule has 0 radical (unpaired) electrons. The Morgan fingerprint density at radius 3 is 2.86 bits per heavy atom. The van der Waals surface area contributed by atoms with Crippen molar-refractivity contribution in [3.63, 3.8) is 0 Å². The van der Waals surface area contributed by atoms with Gasteiger partial charge in [-0.15, -0.1) is 11.8 Å². The van der Waals surface area contributed by atoms with Crippen LogP contribution in [0.25, 0.3) is 11.2 Å². The highest BCUT2D eigenvalue weighted by Gasteiger charge is 2.55. The van der Waals surface area contributed by atoms with Crippen molar-refractivity contribution in [2.45, 2.75) is 42.5 Å². The molecule has 118 valence electrons. The summed E-state index contributed by atoms with van der Waals surface area (Å²) in [5, 5.41) is 9.50. The van der Waals surface area contributed by atoms with Crippen LogP contribution in [-0.2, 0) is 9.47 Å². The van der Waals surface area contributed by atoms with Crippen molar-refractivity contribution in [3.8, 4) is 0 Å². The summed E-state index contributed by atoms with van der Waals surface area (Å²) in [5.41, 5.74) is 7.08. The van der Waals surface area contributed by atoms with Gasteiger partial charge in [-0.05, 0) is 13.8 Å². The number of imidazole rings is 1. The number of rotatable bonds is 2. The van der Waals surface area contributed by atoms with E-state index in [-0.39, 0.29) is 29.4 Å². The Morgan fingerprint density at radius 1 is 1.32 bits per heavy atom. The normalized spacial score (nSPS) is 33.4. The van der Waals surface area contributed by atoms with Crippen LogP contribution in [0.4, 0.5) is 5.82 Å². The molecule has 2 fully saturated rings. The van der Waals surface area contributed by atoms with E-state index >= 15 is 0 Å². The second-order valence-electron chi connectivity index (χ2n) is 5.90. The van der Waals surface area contributed by atoms with Crippen molar-refractivity contribution >= 4 is 28.7 Å². The number of ether oxygens (including phenoxy) is 2. The highest BCUT2D eigenvalue weighted by Crippen LogP contribution is 2.51. The number of nitrogens with two attached hydrogens (primary N) is 1. The molecule has 4 heterocycles. The average Bonchev–Trinajstić information content (AvgIpc) is 3.10. The quantitative estimate of drug-likeness (QED) is 0.824. The topological polar surface area (TPSA) is 108 Å². The number of nitrogen functional groups attached to an aromatic ring is 1. The van der Waals surface area contributed by atoms with Gasteiger partial charge >= 0.3 is 0 Å². The number of anilines is 1. The molecule has 2 aliphatic heterocycles. The minimum atomic E-state index is -0.660. The van der Waals surface area contributed by atoms with Gasteiger partial charge in [0, 0.05) is 0 Å².